The number of carbonyl (C=O) groups excluding carboxylic acids is 3. The van der Waals surface area contributed by atoms with Gasteiger partial charge in [0.25, 0.3) is 0 Å². The van der Waals surface area contributed by atoms with Gasteiger partial charge in [-0.3, -0.25) is 14.4 Å². The highest BCUT2D eigenvalue weighted by Gasteiger charge is 2.19. The van der Waals surface area contributed by atoms with Gasteiger partial charge in [0.05, 0.1) is 0 Å². The third kappa shape index (κ3) is 52.9. The maximum Gasteiger partial charge on any atom is 0.306 e. The van der Waals surface area contributed by atoms with Crippen molar-refractivity contribution in [3.8, 4) is 0 Å². The summed E-state index contributed by atoms with van der Waals surface area (Å²) in [5.74, 6) is -1.01. The first-order chi connectivity index (χ1) is 33.0. The monoisotopic (exact) mass is 929 g/mol. The SMILES string of the molecule is CC/C=C\C/C=C\C/C=C\C/C=C\C/C=C\CCC(=O)OC(COC(=O)CCCCCCCCC/C=C\C/C=C\CC)COC(=O)CCCCCCCCCCCC/C=C\C=C/CCCCC. The molecule has 1 atom stereocenters. The molecule has 0 amide bonds. The van der Waals surface area contributed by atoms with Gasteiger partial charge in [-0.2, -0.15) is 0 Å². The number of allylic oxidation sites excluding steroid dienone is 18. The van der Waals surface area contributed by atoms with Crippen LogP contribution in [-0.4, -0.2) is 37.2 Å². The Morgan fingerprint density at radius 1 is 0.328 bits per heavy atom. The van der Waals surface area contributed by atoms with Gasteiger partial charge in [-0.05, 0) is 103 Å². The molecular weight excluding hydrogens is 829 g/mol. The van der Waals surface area contributed by atoms with E-state index in [1.807, 2.05) is 12.2 Å². The molecule has 380 valence electrons. The normalized spacial score (nSPS) is 12.9. The summed E-state index contributed by atoms with van der Waals surface area (Å²) in [6.07, 6.45) is 73.7. The zero-order valence-corrected chi connectivity index (χ0v) is 43.4. The molecule has 0 aliphatic rings. The van der Waals surface area contributed by atoms with Crippen LogP contribution in [0, 0.1) is 0 Å². The summed E-state index contributed by atoms with van der Waals surface area (Å²) in [5, 5.41) is 0. The predicted octanol–water partition coefficient (Wildman–Crippen LogP) is 18.3. The summed E-state index contributed by atoms with van der Waals surface area (Å²) in [6, 6.07) is 0. The molecule has 0 rings (SSSR count). The summed E-state index contributed by atoms with van der Waals surface area (Å²) < 4.78 is 16.8. The highest BCUT2D eigenvalue weighted by molar-refractivity contribution is 5.71. The van der Waals surface area contributed by atoms with Gasteiger partial charge in [0.15, 0.2) is 6.10 Å². The smallest absolute Gasteiger partial charge is 0.306 e. The Hall–Kier alpha value is -3.93. The van der Waals surface area contributed by atoms with Gasteiger partial charge in [-0.1, -0.05) is 226 Å². The lowest BCUT2D eigenvalue weighted by molar-refractivity contribution is -0.166. The van der Waals surface area contributed by atoms with Crippen LogP contribution >= 0.6 is 0 Å². The highest BCUT2D eigenvalue weighted by atomic mass is 16.6. The van der Waals surface area contributed by atoms with Crippen molar-refractivity contribution >= 4 is 17.9 Å². The van der Waals surface area contributed by atoms with Crippen molar-refractivity contribution in [1.82, 2.24) is 0 Å². The lowest BCUT2D eigenvalue weighted by Crippen LogP contribution is -2.30. The number of ether oxygens (including phenoxy) is 3. The molecule has 0 heterocycles. The molecule has 0 aromatic carbocycles. The van der Waals surface area contributed by atoms with Gasteiger partial charge in [0.1, 0.15) is 13.2 Å². The minimum Gasteiger partial charge on any atom is -0.462 e. The number of hydrogen-bond donors (Lipinski definition) is 0. The molecule has 0 aromatic heterocycles. The molecule has 0 spiro atoms. The fraction of sp³-hybridized carbons (Fsp3) is 0.656. The van der Waals surface area contributed by atoms with E-state index in [4.69, 9.17) is 14.2 Å². The Kier molecular flexibility index (Phi) is 51.5. The van der Waals surface area contributed by atoms with Gasteiger partial charge >= 0.3 is 17.9 Å². The molecule has 0 aliphatic heterocycles. The molecule has 67 heavy (non-hydrogen) atoms. The Balaban J connectivity index is 4.48. The van der Waals surface area contributed by atoms with Crippen LogP contribution in [0.15, 0.2) is 109 Å². The van der Waals surface area contributed by atoms with E-state index in [1.54, 1.807) is 0 Å². The first-order valence-corrected chi connectivity index (χ1v) is 27.4. The lowest BCUT2D eigenvalue weighted by Gasteiger charge is -2.18. The lowest BCUT2D eigenvalue weighted by atomic mass is 10.1. The van der Waals surface area contributed by atoms with Crippen molar-refractivity contribution in [1.29, 1.82) is 0 Å². The van der Waals surface area contributed by atoms with E-state index in [-0.39, 0.29) is 31.6 Å². The van der Waals surface area contributed by atoms with Crippen LogP contribution in [0.3, 0.4) is 0 Å². The van der Waals surface area contributed by atoms with E-state index in [2.05, 4.69) is 118 Å². The highest BCUT2D eigenvalue weighted by Crippen LogP contribution is 2.14. The molecule has 0 radical (unpaired) electrons. The number of unbranched alkanes of at least 4 members (excludes halogenated alkanes) is 20. The standard InChI is InChI=1S/C61H100O6/c1-4-7-10-13-16-19-22-25-28-30-31-32-34-36-39-42-45-48-51-54-60(63)66-57-58(56-65-59(62)53-50-47-44-41-38-35-27-24-21-18-15-12-9-6-3)67-61(64)55-52-49-46-43-40-37-33-29-26-23-20-17-14-11-8-5-2/h8-9,11-12,16-22,25-26,29,37,40,46,49,58H,4-7,10,13-15,23-24,27-28,30-36,38-39,41-45,47-48,50-57H2,1-3H3/b11-8-,12-9-,19-16-,20-17-,21-18-,25-22-,29-26-,40-37-,49-46-. The second-order valence-corrected chi connectivity index (χ2v) is 17.8. The van der Waals surface area contributed by atoms with Gasteiger partial charge in [-0.25, -0.2) is 0 Å². The average molecular weight is 929 g/mol. The van der Waals surface area contributed by atoms with Crippen LogP contribution in [0.5, 0.6) is 0 Å². The van der Waals surface area contributed by atoms with Crippen molar-refractivity contribution in [3.05, 3.63) is 109 Å². The maximum absolute atomic E-state index is 12.8. The zero-order valence-electron chi connectivity index (χ0n) is 43.4. The van der Waals surface area contributed by atoms with Gasteiger partial charge < -0.3 is 14.2 Å². The second-order valence-electron chi connectivity index (χ2n) is 17.8. The van der Waals surface area contributed by atoms with Gasteiger partial charge in [0.2, 0.25) is 0 Å². The van der Waals surface area contributed by atoms with Crippen LogP contribution in [0.2, 0.25) is 0 Å². The molecule has 0 aliphatic carbocycles. The van der Waals surface area contributed by atoms with Crippen LogP contribution < -0.4 is 0 Å². The summed E-state index contributed by atoms with van der Waals surface area (Å²) in [5.41, 5.74) is 0. The fourth-order valence-electron chi connectivity index (χ4n) is 7.23. The number of esters is 3. The Bertz CT molecular complexity index is 1390. The summed E-state index contributed by atoms with van der Waals surface area (Å²) in [7, 11) is 0. The van der Waals surface area contributed by atoms with Gasteiger partial charge in [-0.15, -0.1) is 0 Å². The molecule has 1 unspecified atom stereocenters. The van der Waals surface area contributed by atoms with Crippen LogP contribution in [-0.2, 0) is 28.6 Å². The molecular formula is C61H100O6. The van der Waals surface area contributed by atoms with E-state index in [0.29, 0.717) is 19.3 Å². The summed E-state index contributed by atoms with van der Waals surface area (Å²) in [6.45, 7) is 6.32. The van der Waals surface area contributed by atoms with Crippen LogP contribution in [0.4, 0.5) is 0 Å². The first kappa shape index (κ1) is 63.1. The molecule has 0 N–H and O–H groups in total. The largest absolute Gasteiger partial charge is 0.462 e. The third-order valence-electron chi connectivity index (χ3n) is 11.3. The van der Waals surface area contributed by atoms with E-state index < -0.39 is 12.1 Å². The van der Waals surface area contributed by atoms with Crippen molar-refractivity contribution in [2.24, 2.45) is 0 Å². The fourth-order valence-corrected chi connectivity index (χ4v) is 7.23. The predicted molar refractivity (Wildman–Crippen MR) is 288 cm³/mol. The quantitative estimate of drug-likeness (QED) is 0.0199. The van der Waals surface area contributed by atoms with E-state index in [9.17, 15) is 14.4 Å². The van der Waals surface area contributed by atoms with Crippen LogP contribution in [0.1, 0.15) is 239 Å². The van der Waals surface area contributed by atoms with E-state index in [0.717, 1.165) is 89.9 Å². The Morgan fingerprint density at radius 3 is 1.06 bits per heavy atom. The second kappa shape index (κ2) is 54.7. The number of carbonyl (C=O) groups is 3. The molecule has 6 heteroatoms. The van der Waals surface area contributed by atoms with Gasteiger partial charge in [0, 0.05) is 19.3 Å². The Labute approximate surface area is 412 Å². The summed E-state index contributed by atoms with van der Waals surface area (Å²) in [4.78, 5) is 38.1. The summed E-state index contributed by atoms with van der Waals surface area (Å²) >= 11 is 0. The molecule has 0 saturated carbocycles. The van der Waals surface area contributed by atoms with E-state index >= 15 is 0 Å². The van der Waals surface area contributed by atoms with Crippen LogP contribution in [0.25, 0.3) is 0 Å². The minimum absolute atomic E-state index is 0.113. The van der Waals surface area contributed by atoms with Crippen molar-refractivity contribution in [2.75, 3.05) is 13.2 Å². The molecule has 0 bridgehead atoms. The number of hydrogen-bond acceptors (Lipinski definition) is 6. The minimum atomic E-state index is -0.824. The van der Waals surface area contributed by atoms with Crippen molar-refractivity contribution in [3.63, 3.8) is 0 Å². The molecule has 6 nitrogen and oxygen atoms in total. The maximum atomic E-state index is 12.8. The first-order valence-electron chi connectivity index (χ1n) is 27.4. The molecule has 0 aromatic rings. The van der Waals surface area contributed by atoms with E-state index in [1.165, 1.54) is 103 Å². The Morgan fingerprint density at radius 2 is 0.657 bits per heavy atom. The number of rotatable bonds is 48. The van der Waals surface area contributed by atoms with Crippen molar-refractivity contribution < 1.29 is 28.6 Å². The average Bonchev–Trinajstić information content (AvgIpc) is 3.33. The zero-order chi connectivity index (χ0) is 48.6. The molecule has 0 fully saturated rings. The topological polar surface area (TPSA) is 78.9 Å². The molecule has 0 saturated heterocycles. The third-order valence-corrected chi connectivity index (χ3v) is 11.3. The van der Waals surface area contributed by atoms with Crippen molar-refractivity contribution in [2.45, 2.75) is 245 Å².